The molecule has 0 unspecified atom stereocenters. The summed E-state index contributed by atoms with van der Waals surface area (Å²) < 4.78 is 27.5. The zero-order valence-corrected chi connectivity index (χ0v) is 40.6. The molecule has 0 fully saturated rings. The van der Waals surface area contributed by atoms with Gasteiger partial charge in [-0.25, -0.2) is 9.59 Å². The van der Waals surface area contributed by atoms with Gasteiger partial charge in [0.15, 0.2) is 0 Å². The molecule has 18 heteroatoms. The molecule has 0 saturated heterocycles. The van der Waals surface area contributed by atoms with Crippen molar-refractivity contribution in [2.45, 2.75) is 195 Å². The number of nitrogens with one attached hydrogen (secondary N) is 5. The summed E-state index contributed by atoms with van der Waals surface area (Å²) in [5.41, 5.74) is -2.64. The second kappa shape index (κ2) is 25.3. The van der Waals surface area contributed by atoms with Crippen molar-refractivity contribution in [1.29, 1.82) is 0 Å². The molecule has 1 aromatic carbocycles. The van der Waals surface area contributed by atoms with Crippen LogP contribution in [-0.2, 0) is 63.9 Å². The Morgan fingerprint density at radius 3 is 1.39 bits per heavy atom. The summed E-state index contributed by atoms with van der Waals surface area (Å²) in [6.07, 6.45) is -2.08. The molecule has 5 N–H and O–H groups in total. The lowest BCUT2D eigenvalue weighted by atomic mass is 10.0. The highest BCUT2D eigenvalue weighted by Crippen LogP contribution is 2.15. The van der Waals surface area contributed by atoms with Crippen LogP contribution in [0.5, 0.6) is 0 Å². The molecule has 0 radical (unpaired) electrons. The molecule has 0 spiro atoms. The number of carbonyl (C=O) groups excluding carboxylic acids is 8. The molecule has 18 nitrogen and oxygen atoms in total. The number of ether oxygens (including phenoxy) is 5. The van der Waals surface area contributed by atoms with E-state index in [0.29, 0.717) is 5.56 Å². The normalized spacial score (nSPS) is 14.4. The third kappa shape index (κ3) is 25.8. The van der Waals surface area contributed by atoms with Crippen molar-refractivity contribution in [3.05, 3.63) is 35.9 Å². The molecule has 1 aromatic rings. The van der Waals surface area contributed by atoms with Crippen molar-refractivity contribution in [3.63, 3.8) is 0 Å². The van der Waals surface area contributed by atoms with Gasteiger partial charge in [0.2, 0.25) is 23.6 Å². The maximum atomic E-state index is 14.2. The summed E-state index contributed by atoms with van der Waals surface area (Å²) in [6.45, 7) is 24.9. The Bertz CT molecular complexity index is 1720. The van der Waals surface area contributed by atoms with Crippen LogP contribution in [0.2, 0.25) is 0 Å². The minimum atomic E-state index is -1.51. The molecule has 0 aliphatic rings. The highest BCUT2D eigenvalue weighted by molar-refractivity contribution is 5.96. The smallest absolute Gasteiger partial charge is 0.408 e. The fraction of sp³-hybridized carbons (Fsp3) is 0.696. The SMILES string of the molecule is CC(C)C[C@H](NC(=O)[C@H](COC(C)(C)C)NC(=O)[C@H](CCC(=O)OC(C)(C)C)NC(=O)[C@H](CCC(=O)OC(C)(C)C)NC(=O)OCc1ccccc1)C(=O)N[C@@H](C)C(=O)OC(C)(C)C. The van der Waals surface area contributed by atoms with Gasteiger partial charge < -0.3 is 50.3 Å². The molecule has 64 heavy (non-hydrogen) atoms. The largest absolute Gasteiger partial charge is 0.460 e. The fourth-order valence-corrected chi connectivity index (χ4v) is 5.55. The van der Waals surface area contributed by atoms with Crippen molar-refractivity contribution in [2.24, 2.45) is 5.92 Å². The van der Waals surface area contributed by atoms with Gasteiger partial charge in [-0.3, -0.25) is 28.8 Å². The number of hydrogen-bond acceptors (Lipinski definition) is 13. The zero-order valence-electron chi connectivity index (χ0n) is 40.6. The summed E-state index contributed by atoms with van der Waals surface area (Å²) in [7, 11) is 0. The van der Waals surface area contributed by atoms with E-state index in [-0.39, 0.29) is 51.2 Å². The van der Waals surface area contributed by atoms with Crippen molar-refractivity contribution >= 4 is 47.6 Å². The minimum absolute atomic E-state index is 0.105. The number of benzene rings is 1. The number of amides is 5. The van der Waals surface area contributed by atoms with Gasteiger partial charge in [-0.05, 0) is 121 Å². The monoisotopic (exact) mass is 906 g/mol. The van der Waals surface area contributed by atoms with Crippen LogP contribution < -0.4 is 26.6 Å². The van der Waals surface area contributed by atoms with E-state index >= 15 is 0 Å². The standard InChI is InChI=1S/C46H75N5O13/c1-28(2)25-33(39(56)47-29(3)41(58)64-46(13,14)15)49-40(57)34(27-61-43(4,5)6)50-37(54)31(21-23-35(52)62-44(7,8)9)48-38(55)32(22-24-36(53)63-45(10,11)12)51-42(59)60-26-30-19-17-16-18-20-30/h16-20,28-29,31-34H,21-27H2,1-15H3,(H,47,56)(H,48,55)(H,49,57)(H,50,54)(H,51,59)/t29-,31-,32-,33-,34-/m0/s1. The van der Waals surface area contributed by atoms with Crippen LogP contribution in [0, 0.1) is 5.92 Å². The van der Waals surface area contributed by atoms with Crippen LogP contribution in [0.15, 0.2) is 30.3 Å². The van der Waals surface area contributed by atoms with E-state index in [9.17, 15) is 38.4 Å². The van der Waals surface area contributed by atoms with Gasteiger partial charge in [0.1, 0.15) is 53.6 Å². The number of alkyl carbamates (subject to hydrolysis) is 1. The van der Waals surface area contributed by atoms with Crippen molar-refractivity contribution in [2.75, 3.05) is 6.61 Å². The molecule has 5 amide bonds. The van der Waals surface area contributed by atoms with E-state index in [4.69, 9.17) is 23.7 Å². The van der Waals surface area contributed by atoms with Gasteiger partial charge in [0.05, 0.1) is 12.2 Å². The Kier molecular flexibility index (Phi) is 22.4. The lowest BCUT2D eigenvalue weighted by Crippen LogP contribution is -2.60. The zero-order chi connectivity index (χ0) is 49.2. The first-order valence-corrected chi connectivity index (χ1v) is 21.7. The number of rotatable bonds is 22. The minimum Gasteiger partial charge on any atom is -0.460 e. The van der Waals surface area contributed by atoms with Crippen LogP contribution in [-0.4, -0.2) is 107 Å². The predicted molar refractivity (Wildman–Crippen MR) is 238 cm³/mol. The summed E-state index contributed by atoms with van der Waals surface area (Å²) in [5.74, 6) is -5.44. The molecular weight excluding hydrogens is 831 g/mol. The van der Waals surface area contributed by atoms with Crippen LogP contribution in [0.1, 0.15) is 142 Å². The predicted octanol–water partition coefficient (Wildman–Crippen LogP) is 4.69. The van der Waals surface area contributed by atoms with E-state index in [1.165, 1.54) is 6.92 Å². The number of carbonyl (C=O) groups is 8. The Morgan fingerprint density at radius 2 is 0.938 bits per heavy atom. The summed E-state index contributed by atoms with van der Waals surface area (Å²) in [6, 6.07) is 2.17. The molecule has 0 aliphatic heterocycles. The molecular formula is C46H75N5O13. The van der Waals surface area contributed by atoms with Crippen molar-refractivity contribution in [1.82, 2.24) is 26.6 Å². The highest BCUT2D eigenvalue weighted by atomic mass is 16.6. The van der Waals surface area contributed by atoms with Gasteiger partial charge >= 0.3 is 24.0 Å². The second-order valence-electron chi connectivity index (χ2n) is 20.0. The van der Waals surface area contributed by atoms with Gasteiger partial charge in [-0.15, -0.1) is 0 Å². The van der Waals surface area contributed by atoms with Crippen LogP contribution >= 0.6 is 0 Å². The average Bonchev–Trinajstić information content (AvgIpc) is 3.12. The van der Waals surface area contributed by atoms with Gasteiger partial charge in [-0.1, -0.05) is 44.2 Å². The average molecular weight is 906 g/mol. The topological polar surface area (TPSA) is 243 Å². The van der Waals surface area contributed by atoms with Gasteiger partial charge in [-0.2, -0.15) is 0 Å². The van der Waals surface area contributed by atoms with Crippen molar-refractivity contribution in [3.8, 4) is 0 Å². The maximum absolute atomic E-state index is 14.2. The third-order valence-corrected chi connectivity index (χ3v) is 8.34. The van der Waals surface area contributed by atoms with E-state index in [0.717, 1.165) is 0 Å². The Morgan fingerprint density at radius 1 is 0.516 bits per heavy atom. The Labute approximate surface area is 379 Å². The first kappa shape index (κ1) is 56.8. The van der Waals surface area contributed by atoms with E-state index in [1.54, 1.807) is 113 Å². The Hall–Kier alpha value is -5.26. The van der Waals surface area contributed by atoms with Crippen LogP contribution in [0.25, 0.3) is 0 Å². The molecule has 0 bridgehead atoms. The van der Waals surface area contributed by atoms with E-state index in [1.807, 2.05) is 13.8 Å². The molecule has 0 aromatic heterocycles. The lowest BCUT2D eigenvalue weighted by Gasteiger charge is -2.29. The number of hydrogen-bond donors (Lipinski definition) is 5. The second-order valence-corrected chi connectivity index (χ2v) is 20.0. The molecule has 0 aliphatic carbocycles. The van der Waals surface area contributed by atoms with Gasteiger partial charge in [0, 0.05) is 12.8 Å². The third-order valence-electron chi connectivity index (χ3n) is 8.34. The van der Waals surface area contributed by atoms with E-state index in [2.05, 4.69) is 26.6 Å². The highest BCUT2D eigenvalue weighted by Gasteiger charge is 2.35. The maximum Gasteiger partial charge on any atom is 0.408 e. The molecule has 0 heterocycles. The number of esters is 3. The summed E-state index contributed by atoms with van der Waals surface area (Å²) in [5, 5.41) is 12.9. The Balaban J connectivity index is 3.53. The summed E-state index contributed by atoms with van der Waals surface area (Å²) in [4.78, 5) is 107. The van der Waals surface area contributed by atoms with Crippen molar-refractivity contribution < 1.29 is 62.0 Å². The first-order valence-electron chi connectivity index (χ1n) is 21.7. The van der Waals surface area contributed by atoms with E-state index < -0.39 is 100 Å². The lowest BCUT2D eigenvalue weighted by molar-refractivity contribution is -0.158. The summed E-state index contributed by atoms with van der Waals surface area (Å²) >= 11 is 0. The molecule has 1 rings (SSSR count). The van der Waals surface area contributed by atoms with Crippen LogP contribution in [0.4, 0.5) is 4.79 Å². The first-order chi connectivity index (χ1) is 29.2. The quantitative estimate of drug-likeness (QED) is 0.0785. The molecule has 362 valence electrons. The fourth-order valence-electron chi connectivity index (χ4n) is 5.55. The van der Waals surface area contributed by atoms with Gasteiger partial charge in [0.25, 0.3) is 0 Å². The molecule has 5 atom stereocenters. The molecule has 0 saturated carbocycles. The van der Waals surface area contributed by atoms with Crippen LogP contribution in [0.3, 0.4) is 0 Å².